The van der Waals surface area contributed by atoms with Crippen molar-refractivity contribution in [2.75, 3.05) is 6.61 Å². The van der Waals surface area contributed by atoms with E-state index in [-0.39, 0.29) is 24.9 Å². The third-order valence-electron chi connectivity index (χ3n) is 13.4. The average molecular weight is 941 g/mol. The number of unbranched alkanes of at least 4 members (excludes halogenated alkanes) is 33. The van der Waals surface area contributed by atoms with Gasteiger partial charge in [0.1, 0.15) is 6.10 Å². The predicted molar refractivity (Wildman–Crippen MR) is 292 cm³/mol. The third-order valence-corrected chi connectivity index (χ3v) is 13.4. The van der Waals surface area contributed by atoms with Crippen LogP contribution in [-0.4, -0.2) is 46.9 Å². The lowest BCUT2D eigenvalue weighted by Crippen LogP contribution is -2.46. The first-order valence-electron chi connectivity index (χ1n) is 29.4. The number of hydrogen-bond acceptors (Lipinski definition) is 5. The number of carbonyl (C=O) groups excluding carboxylic acids is 2. The minimum atomic E-state index is -0.796. The molecule has 3 atom stereocenters. The molecule has 0 saturated carbocycles. The standard InChI is InChI=1S/C61H113NO5/c1-4-7-10-13-16-19-22-25-28-30-32-34-37-40-43-46-49-52-57(67-61(66)54-51-48-45-42-39-36-33-29-26-23-20-17-14-11-8-5-2)55-60(65)62-58(56-63)59(64)53-50-47-44-41-38-35-31-27-24-21-18-15-12-9-6-3/h16,19,25,28-29,32-34,57-59,63-64H,4-15,17-18,20-24,26-27,30-31,35-56H2,1-3H3,(H,62,65)/b19-16-,28-25-,33-29+,34-32-. The van der Waals surface area contributed by atoms with Gasteiger partial charge in [-0.3, -0.25) is 9.59 Å². The van der Waals surface area contributed by atoms with E-state index < -0.39 is 18.2 Å². The molecule has 0 aliphatic rings. The van der Waals surface area contributed by atoms with Gasteiger partial charge in [0.15, 0.2) is 0 Å². The number of nitrogens with one attached hydrogen (secondary N) is 1. The summed E-state index contributed by atoms with van der Waals surface area (Å²) in [6.45, 7) is 6.48. The number of carbonyl (C=O) groups is 2. The largest absolute Gasteiger partial charge is 0.462 e. The summed E-state index contributed by atoms with van der Waals surface area (Å²) in [5, 5.41) is 23.9. The van der Waals surface area contributed by atoms with Crippen molar-refractivity contribution in [3.05, 3.63) is 48.6 Å². The first kappa shape index (κ1) is 64.8. The van der Waals surface area contributed by atoms with Crippen molar-refractivity contribution in [3.63, 3.8) is 0 Å². The summed E-state index contributed by atoms with van der Waals surface area (Å²) in [6.07, 6.45) is 67.4. The highest BCUT2D eigenvalue weighted by Gasteiger charge is 2.24. The van der Waals surface area contributed by atoms with E-state index in [9.17, 15) is 19.8 Å². The van der Waals surface area contributed by atoms with Crippen LogP contribution in [0.15, 0.2) is 48.6 Å². The van der Waals surface area contributed by atoms with Gasteiger partial charge in [-0.15, -0.1) is 0 Å². The number of amides is 1. The van der Waals surface area contributed by atoms with Crippen LogP contribution in [-0.2, 0) is 14.3 Å². The normalized spacial score (nSPS) is 13.4. The zero-order valence-corrected chi connectivity index (χ0v) is 44.8. The highest BCUT2D eigenvalue weighted by atomic mass is 16.5. The highest BCUT2D eigenvalue weighted by Crippen LogP contribution is 2.18. The number of hydrogen-bond donors (Lipinski definition) is 3. The number of aliphatic hydroxyl groups is 2. The molecule has 0 rings (SSSR count). The monoisotopic (exact) mass is 940 g/mol. The van der Waals surface area contributed by atoms with Crippen molar-refractivity contribution in [1.82, 2.24) is 5.32 Å². The summed E-state index contributed by atoms with van der Waals surface area (Å²) in [7, 11) is 0. The van der Waals surface area contributed by atoms with Gasteiger partial charge >= 0.3 is 5.97 Å². The first-order chi connectivity index (χ1) is 33.0. The van der Waals surface area contributed by atoms with Gasteiger partial charge in [0, 0.05) is 6.42 Å². The summed E-state index contributed by atoms with van der Waals surface area (Å²) in [5.41, 5.74) is 0. The van der Waals surface area contributed by atoms with Gasteiger partial charge < -0.3 is 20.3 Å². The van der Waals surface area contributed by atoms with Crippen LogP contribution in [0.1, 0.15) is 303 Å². The number of allylic oxidation sites excluding steroid dienone is 8. The quantitative estimate of drug-likeness (QED) is 0.0321. The molecule has 67 heavy (non-hydrogen) atoms. The average Bonchev–Trinajstić information content (AvgIpc) is 3.32. The molecule has 0 aliphatic carbocycles. The van der Waals surface area contributed by atoms with E-state index in [0.29, 0.717) is 19.3 Å². The predicted octanol–water partition coefficient (Wildman–Crippen LogP) is 18.2. The summed E-state index contributed by atoms with van der Waals surface area (Å²) in [4.78, 5) is 26.3. The van der Waals surface area contributed by atoms with E-state index in [2.05, 4.69) is 74.7 Å². The molecule has 0 bridgehead atoms. The van der Waals surface area contributed by atoms with Crippen LogP contribution >= 0.6 is 0 Å². The molecule has 0 heterocycles. The molecule has 0 aliphatic heterocycles. The molecule has 0 spiro atoms. The molecule has 0 fully saturated rings. The van der Waals surface area contributed by atoms with Crippen molar-refractivity contribution in [1.29, 1.82) is 0 Å². The lowest BCUT2D eigenvalue weighted by Gasteiger charge is -2.24. The van der Waals surface area contributed by atoms with Crippen molar-refractivity contribution in [2.45, 2.75) is 322 Å². The number of aliphatic hydroxyl groups excluding tert-OH is 2. The van der Waals surface area contributed by atoms with Crippen molar-refractivity contribution < 1.29 is 24.5 Å². The van der Waals surface area contributed by atoms with Crippen molar-refractivity contribution in [2.24, 2.45) is 0 Å². The van der Waals surface area contributed by atoms with E-state index >= 15 is 0 Å². The second kappa shape index (κ2) is 54.8. The molecule has 3 N–H and O–H groups in total. The Hall–Kier alpha value is -2.18. The Bertz CT molecular complexity index is 1150. The van der Waals surface area contributed by atoms with Crippen molar-refractivity contribution in [3.8, 4) is 0 Å². The van der Waals surface area contributed by atoms with Gasteiger partial charge in [-0.2, -0.15) is 0 Å². The topological polar surface area (TPSA) is 95.9 Å². The van der Waals surface area contributed by atoms with E-state index in [4.69, 9.17) is 4.74 Å². The SMILES string of the molecule is CCCCC/C=C\C/C=C\C/C=C\CCCCCCC(CC(=O)NC(CO)C(O)CCCCCCCCCCCCCCCCC)OC(=O)CCCCCCC/C=C/CCCCCCCCC. The van der Waals surface area contributed by atoms with Gasteiger partial charge in [-0.1, -0.05) is 249 Å². The van der Waals surface area contributed by atoms with Gasteiger partial charge in [0.2, 0.25) is 5.91 Å². The van der Waals surface area contributed by atoms with Crippen LogP contribution in [0.5, 0.6) is 0 Å². The van der Waals surface area contributed by atoms with Crippen LogP contribution < -0.4 is 5.32 Å². The maximum absolute atomic E-state index is 13.3. The van der Waals surface area contributed by atoms with Crippen LogP contribution in [0.4, 0.5) is 0 Å². The molecular formula is C61H113NO5. The minimum Gasteiger partial charge on any atom is -0.462 e. The maximum Gasteiger partial charge on any atom is 0.306 e. The second-order valence-electron chi connectivity index (χ2n) is 20.0. The van der Waals surface area contributed by atoms with E-state index in [1.54, 1.807) is 0 Å². The van der Waals surface area contributed by atoms with Crippen LogP contribution in [0.25, 0.3) is 0 Å². The molecular weight excluding hydrogens is 827 g/mol. The molecule has 392 valence electrons. The fourth-order valence-corrected chi connectivity index (χ4v) is 8.90. The van der Waals surface area contributed by atoms with Crippen molar-refractivity contribution >= 4 is 11.9 Å². The van der Waals surface area contributed by atoms with Gasteiger partial charge in [0.05, 0.1) is 25.2 Å². The fourth-order valence-electron chi connectivity index (χ4n) is 8.90. The molecule has 0 radical (unpaired) electrons. The fraction of sp³-hybridized carbons (Fsp3) is 0.836. The van der Waals surface area contributed by atoms with Gasteiger partial charge in [-0.05, 0) is 89.9 Å². The smallest absolute Gasteiger partial charge is 0.306 e. The van der Waals surface area contributed by atoms with Crippen LogP contribution in [0, 0.1) is 0 Å². The Balaban J connectivity index is 4.61. The first-order valence-corrected chi connectivity index (χ1v) is 29.4. The Morgan fingerprint density at radius 2 is 0.761 bits per heavy atom. The van der Waals surface area contributed by atoms with E-state index in [0.717, 1.165) is 89.9 Å². The zero-order valence-electron chi connectivity index (χ0n) is 44.8. The Morgan fingerprint density at radius 3 is 1.19 bits per heavy atom. The van der Waals surface area contributed by atoms with E-state index in [1.165, 1.54) is 167 Å². The summed E-state index contributed by atoms with van der Waals surface area (Å²) in [5.74, 6) is -0.494. The molecule has 0 aromatic heterocycles. The van der Waals surface area contributed by atoms with Crippen LogP contribution in [0.2, 0.25) is 0 Å². The molecule has 3 unspecified atom stereocenters. The Morgan fingerprint density at radius 1 is 0.433 bits per heavy atom. The highest BCUT2D eigenvalue weighted by molar-refractivity contribution is 5.77. The van der Waals surface area contributed by atoms with E-state index in [1.807, 2.05) is 0 Å². The summed E-state index contributed by atoms with van der Waals surface area (Å²) < 4.78 is 5.95. The molecule has 0 aromatic carbocycles. The maximum atomic E-state index is 13.3. The minimum absolute atomic E-state index is 0.0608. The Kier molecular flexibility index (Phi) is 53.0. The van der Waals surface area contributed by atoms with Crippen LogP contribution in [0.3, 0.4) is 0 Å². The molecule has 6 nitrogen and oxygen atoms in total. The third kappa shape index (κ3) is 50.0. The summed E-state index contributed by atoms with van der Waals surface area (Å²) >= 11 is 0. The lowest BCUT2D eigenvalue weighted by atomic mass is 10.0. The Labute approximate surface area is 416 Å². The molecule has 0 aromatic rings. The van der Waals surface area contributed by atoms with Gasteiger partial charge in [0.25, 0.3) is 0 Å². The number of ether oxygens (including phenoxy) is 1. The number of esters is 1. The second-order valence-corrected chi connectivity index (χ2v) is 20.0. The van der Waals surface area contributed by atoms with Gasteiger partial charge in [-0.25, -0.2) is 0 Å². The zero-order chi connectivity index (χ0) is 48.8. The lowest BCUT2D eigenvalue weighted by molar-refractivity contribution is -0.151. The molecule has 0 saturated heterocycles. The number of rotatable bonds is 53. The molecule has 1 amide bonds. The summed E-state index contributed by atoms with van der Waals surface area (Å²) in [6, 6.07) is -0.711. The molecule has 6 heteroatoms.